The SMILES string of the molecule is Cc1ncsc1-c1ccc(CNC(=O)[C@@H]2C[C@@H](O)CN2C(=O)[C@@H](NC(=O)COCCCOCCCCCNC(=O)C[C@@H]2N=C(c3ccc(Cl)cc3)c3c(sc(C)c3C)-n3c(C)nnc32)C(C)(C)C)cc1. The normalized spacial score (nSPS) is 17.1. The lowest BCUT2D eigenvalue weighted by molar-refractivity contribution is -0.144. The van der Waals surface area contributed by atoms with Crippen LogP contribution in [0.3, 0.4) is 0 Å². The van der Waals surface area contributed by atoms with Gasteiger partial charge in [0.25, 0.3) is 0 Å². The highest BCUT2D eigenvalue weighted by atomic mass is 35.5. The van der Waals surface area contributed by atoms with Crippen LogP contribution in [0.15, 0.2) is 59.0 Å². The zero-order valence-corrected chi connectivity index (χ0v) is 43.4. The monoisotopic (exact) mass is 1010 g/mol. The summed E-state index contributed by atoms with van der Waals surface area (Å²) in [7, 11) is 0. The molecule has 3 aromatic heterocycles. The molecule has 4 N–H and O–H groups in total. The first-order chi connectivity index (χ1) is 33.5. The Morgan fingerprint density at radius 3 is 2.31 bits per heavy atom. The number of fused-ring (bicyclic) bond motifs is 3. The maximum Gasteiger partial charge on any atom is 0.246 e. The molecule has 2 aromatic carbocycles. The van der Waals surface area contributed by atoms with Gasteiger partial charge in [0.15, 0.2) is 5.82 Å². The van der Waals surface area contributed by atoms with Crippen LogP contribution >= 0.6 is 34.3 Å². The number of aliphatic hydroxyl groups excluding tert-OH is 1. The number of ether oxygens (including phenoxy) is 2. The highest BCUT2D eigenvalue weighted by Crippen LogP contribution is 2.40. The van der Waals surface area contributed by atoms with Crippen molar-refractivity contribution in [3.63, 3.8) is 0 Å². The third kappa shape index (κ3) is 12.9. The molecule has 16 nitrogen and oxygen atoms in total. The molecule has 1 saturated heterocycles. The number of carbonyl (C=O) groups is 4. The van der Waals surface area contributed by atoms with Crippen LogP contribution in [0.4, 0.5) is 0 Å². The predicted octanol–water partition coefficient (Wildman–Crippen LogP) is 7.14. The van der Waals surface area contributed by atoms with Gasteiger partial charge >= 0.3 is 0 Å². The van der Waals surface area contributed by atoms with Gasteiger partial charge in [-0.05, 0) is 87.6 Å². The van der Waals surface area contributed by atoms with Crippen LogP contribution in [0.5, 0.6) is 0 Å². The number of aliphatic imine (C=N–C) groups is 1. The number of aliphatic hydroxyl groups is 1. The lowest BCUT2D eigenvalue weighted by atomic mass is 9.85. The van der Waals surface area contributed by atoms with E-state index in [1.807, 2.05) is 93.2 Å². The number of thiazole rings is 1. The number of aromatic nitrogens is 4. The van der Waals surface area contributed by atoms with E-state index in [1.54, 1.807) is 22.7 Å². The molecule has 0 radical (unpaired) electrons. The number of aryl methyl sites for hydroxylation is 3. The number of nitrogens with zero attached hydrogens (tertiary/aromatic N) is 6. The lowest BCUT2D eigenvalue weighted by Gasteiger charge is -2.35. The lowest BCUT2D eigenvalue weighted by Crippen LogP contribution is -2.58. The van der Waals surface area contributed by atoms with Crippen LogP contribution in [0.25, 0.3) is 15.4 Å². The molecule has 5 aromatic rings. The second-order valence-corrected chi connectivity index (χ2v) is 21.5. The van der Waals surface area contributed by atoms with E-state index in [2.05, 4.69) is 45.0 Å². The summed E-state index contributed by atoms with van der Waals surface area (Å²) in [4.78, 5) is 67.0. The Hall–Kier alpha value is -5.37. The average Bonchev–Trinajstić information content (AvgIpc) is 4.09. The fourth-order valence-electron chi connectivity index (χ4n) is 8.63. The van der Waals surface area contributed by atoms with Gasteiger partial charge in [-0.15, -0.1) is 32.9 Å². The summed E-state index contributed by atoms with van der Waals surface area (Å²) in [6.45, 7) is 15.4. The van der Waals surface area contributed by atoms with Crippen LogP contribution < -0.4 is 16.0 Å². The Labute approximate surface area is 422 Å². The summed E-state index contributed by atoms with van der Waals surface area (Å²) in [6, 6.07) is 13.1. The van der Waals surface area contributed by atoms with E-state index in [1.165, 1.54) is 9.78 Å². The van der Waals surface area contributed by atoms with Crippen molar-refractivity contribution < 1.29 is 33.8 Å². The Morgan fingerprint density at radius 1 is 0.886 bits per heavy atom. The van der Waals surface area contributed by atoms with E-state index in [9.17, 15) is 24.3 Å². The van der Waals surface area contributed by atoms with Gasteiger partial charge in [-0.2, -0.15) is 0 Å². The molecule has 0 unspecified atom stereocenters. The number of halogens is 1. The van der Waals surface area contributed by atoms with Crippen molar-refractivity contribution in [3.05, 3.63) is 104 Å². The first-order valence-corrected chi connectivity index (χ1v) is 25.9. The van der Waals surface area contributed by atoms with Crippen molar-refractivity contribution in [2.75, 3.05) is 39.5 Å². The predicted molar refractivity (Wildman–Crippen MR) is 273 cm³/mol. The molecular formula is C51H64ClN9O7S2. The second-order valence-electron chi connectivity index (χ2n) is 19.0. The zero-order valence-electron chi connectivity index (χ0n) is 41.0. The largest absolute Gasteiger partial charge is 0.391 e. The van der Waals surface area contributed by atoms with Crippen molar-refractivity contribution in [2.24, 2.45) is 10.4 Å². The van der Waals surface area contributed by atoms with E-state index in [0.29, 0.717) is 37.0 Å². The average molecular weight is 1010 g/mol. The standard InChI is InChI=1S/C51H64ClN9O7S2/c1-30-32(3)70-50-43(30)44(35-16-18-37(52)19-17-35)56-39(47-59-58-33(4)61(47)50)25-41(63)53-20-9-8-10-21-67-22-11-23-68-28-42(64)57-46(51(5,6)7)49(66)60-27-38(62)24-40(60)48(65)54-26-34-12-14-36(15-13-34)45-31(2)55-29-69-45/h12-19,29,38-40,46,62H,8-11,20-28H2,1-7H3,(H,53,63)(H,54,65)(H,57,64)/t38-,39+,40+,46-/m1/s1. The molecule has 2 aliphatic rings. The minimum Gasteiger partial charge on any atom is -0.391 e. The second kappa shape index (κ2) is 23.7. The number of nitrogens with one attached hydrogen (secondary N) is 3. The zero-order chi connectivity index (χ0) is 50.1. The topological polar surface area (TPSA) is 202 Å². The van der Waals surface area contributed by atoms with Crippen LogP contribution in [0.2, 0.25) is 5.02 Å². The van der Waals surface area contributed by atoms with Gasteiger partial charge in [0, 0.05) is 66.9 Å². The molecule has 2 aliphatic heterocycles. The van der Waals surface area contributed by atoms with Gasteiger partial charge in [-0.25, -0.2) is 4.98 Å². The van der Waals surface area contributed by atoms with Crippen molar-refractivity contribution >= 4 is 63.6 Å². The Kier molecular flexibility index (Phi) is 17.8. The number of hydrogen-bond acceptors (Lipinski definition) is 13. The summed E-state index contributed by atoms with van der Waals surface area (Å²) >= 11 is 9.49. The van der Waals surface area contributed by atoms with Crippen molar-refractivity contribution in [1.29, 1.82) is 0 Å². The van der Waals surface area contributed by atoms with Gasteiger partial charge in [0.05, 0.1) is 34.3 Å². The van der Waals surface area contributed by atoms with E-state index in [0.717, 1.165) is 74.2 Å². The summed E-state index contributed by atoms with van der Waals surface area (Å²) in [5.74, 6) is 0.00978. The van der Waals surface area contributed by atoms with Crippen molar-refractivity contribution in [3.8, 4) is 15.4 Å². The van der Waals surface area contributed by atoms with Gasteiger partial charge in [-0.3, -0.25) is 28.7 Å². The molecule has 0 aliphatic carbocycles. The van der Waals surface area contributed by atoms with E-state index >= 15 is 0 Å². The van der Waals surface area contributed by atoms with Crippen LogP contribution in [0.1, 0.15) is 110 Å². The smallest absolute Gasteiger partial charge is 0.246 e. The van der Waals surface area contributed by atoms with Crippen LogP contribution in [-0.2, 0) is 35.2 Å². The fraction of sp³-hybridized carbons (Fsp3) is 0.490. The summed E-state index contributed by atoms with van der Waals surface area (Å²) in [6.07, 6.45) is 2.41. The van der Waals surface area contributed by atoms with E-state index in [-0.39, 0.29) is 51.0 Å². The third-order valence-corrected chi connectivity index (χ3v) is 15.0. The molecule has 374 valence electrons. The Morgan fingerprint density at radius 2 is 1.60 bits per heavy atom. The molecule has 0 bridgehead atoms. The molecule has 0 spiro atoms. The maximum absolute atomic E-state index is 14.0. The van der Waals surface area contributed by atoms with E-state index < -0.39 is 41.5 Å². The molecule has 0 saturated carbocycles. The van der Waals surface area contributed by atoms with Gasteiger partial charge in [0.2, 0.25) is 23.6 Å². The van der Waals surface area contributed by atoms with Gasteiger partial charge in [-0.1, -0.05) is 68.8 Å². The maximum atomic E-state index is 14.0. The summed E-state index contributed by atoms with van der Waals surface area (Å²) in [5, 5.41) is 29.9. The first-order valence-electron chi connectivity index (χ1n) is 23.8. The number of amides is 4. The van der Waals surface area contributed by atoms with E-state index in [4.69, 9.17) is 26.1 Å². The third-order valence-electron chi connectivity index (χ3n) is 12.5. The molecular weight excluding hydrogens is 950 g/mol. The number of β-amino-alcohol motifs (C(OH)–C–C–N with tert-alkyl or cyclic N) is 1. The number of carbonyl (C=O) groups excluding carboxylic acids is 4. The van der Waals surface area contributed by atoms with Gasteiger partial charge < -0.3 is 35.4 Å². The minimum absolute atomic E-state index is 0.0116. The quantitative estimate of drug-likeness (QED) is 0.0548. The Balaban J connectivity index is 0.781. The molecule has 70 heavy (non-hydrogen) atoms. The highest BCUT2D eigenvalue weighted by Gasteiger charge is 2.44. The number of benzene rings is 2. The minimum atomic E-state index is -0.954. The van der Waals surface area contributed by atoms with Crippen LogP contribution in [-0.4, -0.2) is 117 Å². The summed E-state index contributed by atoms with van der Waals surface area (Å²) in [5.41, 5.74) is 7.91. The Bertz CT molecular complexity index is 2660. The number of thiophene rings is 1. The number of unbranched alkanes of at least 4 members (excludes halogenated alkanes) is 2. The first kappa shape index (κ1) is 52.5. The number of likely N-dealkylation sites (tertiary alicyclic amines) is 1. The highest BCUT2D eigenvalue weighted by molar-refractivity contribution is 7.15. The van der Waals surface area contributed by atoms with Crippen molar-refractivity contribution in [2.45, 2.75) is 118 Å². The number of hydrogen-bond donors (Lipinski definition) is 4. The van der Waals surface area contributed by atoms with Crippen molar-refractivity contribution in [1.82, 2.24) is 40.6 Å². The molecule has 1 fully saturated rings. The number of rotatable bonds is 21. The molecule has 19 heteroatoms. The van der Waals surface area contributed by atoms with Crippen LogP contribution in [0, 0.1) is 33.1 Å². The molecule has 4 atom stereocenters. The molecule has 5 heterocycles. The van der Waals surface area contributed by atoms with Gasteiger partial charge in [0.1, 0.15) is 35.6 Å². The molecule has 7 rings (SSSR count). The summed E-state index contributed by atoms with van der Waals surface area (Å²) < 4.78 is 13.5. The molecule has 4 amide bonds. The fourth-order valence-corrected chi connectivity index (χ4v) is 10.8.